The van der Waals surface area contributed by atoms with Gasteiger partial charge in [0, 0.05) is 38.1 Å². The van der Waals surface area contributed by atoms with Gasteiger partial charge in [-0.05, 0) is 49.0 Å². The van der Waals surface area contributed by atoms with Crippen LogP contribution in [0.1, 0.15) is 5.56 Å². The summed E-state index contributed by atoms with van der Waals surface area (Å²) in [4.78, 5) is 8.72. The lowest BCUT2D eigenvalue weighted by Gasteiger charge is -2.36. The summed E-state index contributed by atoms with van der Waals surface area (Å²) in [6, 6.07) is 11.0. The monoisotopic (exact) mass is 330 g/mol. The van der Waals surface area contributed by atoms with Crippen LogP contribution < -0.4 is 10.2 Å². The summed E-state index contributed by atoms with van der Waals surface area (Å²) in [5, 5.41) is 3.75. The number of nitrogens with zero attached hydrogens (tertiary/aromatic N) is 3. The van der Waals surface area contributed by atoms with Crippen molar-refractivity contribution in [1.29, 1.82) is 0 Å². The van der Waals surface area contributed by atoms with Gasteiger partial charge in [-0.25, -0.2) is 9.37 Å². The average Bonchev–Trinajstić information content (AvgIpc) is 2.59. The van der Waals surface area contributed by atoms with Crippen molar-refractivity contribution in [2.45, 2.75) is 6.92 Å². The second-order valence-electron chi connectivity index (χ2n) is 5.56. The van der Waals surface area contributed by atoms with Crippen LogP contribution in [0.15, 0.2) is 42.6 Å². The van der Waals surface area contributed by atoms with Gasteiger partial charge in [-0.2, -0.15) is 0 Å². The summed E-state index contributed by atoms with van der Waals surface area (Å²) in [5.74, 6) is 0.768. The lowest BCUT2D eigenvalue weighted by atomic mass is 10.2. The van der Waals surface area contributed by atoms with Crippen molar-refractivity contribution in [2.24, 2.45) is 0 Å². The normalized spacial score (nSPS) is 14.7. The van der Waals surface area contributed by atoms with Gasteiger partial charge in [0.05, 0.1) is 0 Å². The van der Waals surface area contributed by atoms with Crippen LogP contribution in [0.5, 0.6) is 0 Å². The Balaban J connectivity index is 1.57. The van der Waals surface area contributed by atoms with Gasteiger partial charge in [-0.3, -0.25) is 0 Å². The molecule has 2 heterocycles. The third kappa shape index (κ3) is 3.76. The molecule has 1 aliphatic rings. The van der Waals surface area contributed by atoms with E-state index < -0.39 is 0 Å². The molecule has 120 valence electrons. The molecule has 23 heavy (non-hydrogen) atoms. The first-order chi connectivity index (χ1) is 11.1. The zero-order valence-electron chi connectivity index (χ0n) is 13.0. The molecule has 0 spiro atoms. The van der Waals surface area contributed by atoms with Gasteiger partial charge in [-0.15, -0.1) is 0 Å². The molecular formula is C17H19FN4S. The minimum absolute atomic E-state index is 0.224. The average molecular weight is 330 g/mol. The van der Waals surface area contributed by atoms with Gasteiger partial charge in [0.25, 0.3) is 0 Å². The highest BCUT2D eigenvalue weighted by Crippen LogP contribution is 2.16. The molecule has 2 aromatic rings. The molecule has 0 atom stereocenters. The van der Waals surface area contributed by atoms with E-state index in [1.807, 2.05) is 24.3 Å². The van der Waals surface area contributed by atoms with Crippen molar-refractivity contribution in [1.82, 2.24) is 9.88 Å². The van der Waals surface area contributed by atoms with E-state index in [9.17, 15) is 4.39 Å². The summed E-state index contributed by atoms with van der Waals surface area (Å²) >= 11 is 5.45. The molecule has 0 bridgehead atoms. The van der Waals surface area contributed by atoms with E-state index >= 15 is 0 Å². The van der Waals surface area contributed by atoms with E-state index in [2.05, 4.69) is 20.1 Å². The van der Waals surface area contributed by atoms with E-state index in [-0.39, 0.29) is 5.82 Å². The molecule has 1 saturated heterocycles. The third-order valence-electron chi connectivity index (χ3n) is 3.96. The predicted molar refractivity (Wildman–Crippen MR) is 95.4 cm³/mol. The molecule has 1 aromatic carbocycles. The number of thiocarbonyl (C=S) groups is 1. The van der Waals surface area contributed by atoms with Crippen molar-refractivity contribution in [3.8, 4) is 0 Å². The van der Waals surface area contributed by atoms with Crippen molar-refractivity contribution in [2.75, 3.05) is 36.4 Å². The number of benzene rings is 1. The van der Waals surface area contributed by atoms with Crippen molar-refractivity contribution >= 4 is 28.8 Å². The van der Waals surface area contributed by atoms with E-state index in [1.165, 1.54) is 6.07 Å². The number of hydrogen-bond donors (Lipinski definition) is 1. The summed E-state index contributed by atoms with van der Waals surface area (Å²) in [7, 11) is 0. The van der Waals surface area contributed by atoms with Gasteiger partial charge in [0.1, 0.15) is 11.6 Å². The topological polar surface area (TPSA) is 31.4 Å². The van der Waals surface area contributed by atoms with Gasteiger partial charge in [0.2, 0.25) is 0 Å². The van der Waals surface area contributed by atoms with Crippen LogP contribution in [-0.2, 0) is 0 Å². The third-order valence-corrected chi connectivity index (χ3v) is 4.32. The highest BCUT2D eigenvalue weighted by Gasteiger charge is 2.19. The molecule has 1 aliphatic heterocycles. The molecule has 3 rings (SSSR count). The number of pyridine rings is 1. The smallest absolute Gasteiger partial charge is 0.173 e. The maximum absolute atomic E-state index is 13.6. The van der Waals surface area contributed by atoms with E-state index in [0.29, 0.717) is 16.4 Å². The van der Waals surface area contributed by atoms with Crippen molar-refractivity contribution in [3.63, 3.8) is 0 Å². The van der Waals surface area contributed by atoms with Gasteiger partial charge < -0.3 is 15.1 Å². The molecule has 1 aromatic heterocycles. The van der Waals surface area contributed by atoms with Crippen LogP contribution in [0.4, 0.5) is 15.9 Å². The van der Waals surface area contributed by atoms with Gasteiger partial charge >= 0.3 is 0 Å². The Labute approximate surface area is 140 Å². The second kappa shape index (κ2) is 6.91. The molecule has 0 amide bonds. The highest BCUT2D eigenvalue weighted by molar-refractivity contribution is 7.80. The van der Waals surface area contributed by atoms with Crippen LogP contribution in [-0.4, -0.2) is 41.2 Å². The number of rotatable bonds is 2. The zero-order valence-corrected chi connectivity index (χ0v) is 13.8. The fourth-order valence-electron chi connectivity index (χ4n) is 2.55. The summed E-state index contributed by atoms with van der Waals surface area (Å²) < 4.78 is 13.6. The summed E-state index contributed by atoms with van der Waals surface area (Å²) in [5.41, 5.74) is 1.32. The summed E-state index contributed by atoms with van der Waals surface area (Å²) in [6.45, 7) is 5.10. The number of aryl methyl sites for hydroxylation is 1. The van der Waals surface area contributed by atoms with Crippen LogP contribution in [0.25, 0.3) is 0 Å². The van der Waals surface area contributed by atoms with Crippen LogP contribution in [0.3, 0.4) is 0 Å². The number of piperazine rings is 1. The van der Waals surface area contributed by atoms with E-state index in [4.69, 9.17) is 12.2 Å². The Kier molecular flexibility index (Phi) is 4.71. The minimum atomic E-state index is -0.224. The lowest BCUT2D eigenvalue weighted by Crippen LogP contribution is -2.50. The SMILES string of the molecule is Cc1ccc(NC(=S)N2CCN(c3ccccn3)CC2)cc1F. The Morgan fingerprint density at radius 3 is 2.61 bits per heavy atom. The number of anilines is 2. The maximum Gasteiger partial charge on any atom is 0.173 e. The fraction of sp³-hybridized carbons (Fsp3) is 0.294. The first kappa shape index (κ1) is 15.7. The molecule has 0 radical (unpaired) electrons. The molecule has 1 fully saturated rings. The lowest BCUT2D eigenvalue weighted by molar-refractivity contribution is 0.389. The molecule has 6 heteroatoms. The Bertz CT molecular complexity index is 684. The first-order valence-electron chi connectivity index (χ1n) is 7.61. The summed E-state index contributed by atoms with van der Waals surface area (Å²) in [6.07, 6.45) is 1.81. The number of halogens is 1. The van der Waals surface area contributed by atoms with Crippen LogP contribution >= 0.6 is 12.2 Å². The quantitative estimate of drug-likeness (QED) is 0.856. The Morgan fingerprint density at radius 2 is 1.96 bits per heavy atom. The molecular weight excluding hydrogens is 311 g/mol. The molecule has 0 unspecified atom stereocenters. The zero-order chi connectivity index (χ0) is 16.2. The maximum atomic E-state index is 13.6. The van der Waals surface area contributed by atoms with Crippen LogP contribution in [0, 0.1) is 12.7 Å². The van der Waals surface area contributed by atoms with Crippen molar-refractivity contribution < 1.29 is 4.39 Å². The Morgan fingerprint density at radius 1 is 1.17 bits per heavy atom. The predicted octanol–water partition coefficient (Wildman–Crippen LogP) is 3.05. The number of hydrogen-bond acceptors (Lipinski definition) is 3. The molecule has 0 saturated carbocycles. The second-order valence-corrected chi connectivity index (χ2v) is 5.94. The molecule has 4 nitrogen and oxygen atoms in total. The number of nitrogens with one attached hydrogen (secondary N) is 1. The first-order valence-corrected chi connectivity index (χ1v) is 8.02. The van der Waals surface area contributed by atoms with Crippen molar-refractivity contribution in [3.05, 3.63) is 54.0 Å². The molecule has 0 aliphatic carbocycles. The minimum Gasteiger partial charge on any atom is -0.353 e. The van der Waals surface area contributed by atoms with E-state index in [1.54, 1.807) is 19.2 Å². The molecule has 1 N–H and O–H groups in total. The Hall–Kier alpha value is -2.21. The van der Waals surface area contributed by atoms with Crippen LogP contribution in [0.2, 0.25) is 0 Å². The highest BCUT2D eigenvalue weighted by atomic mass is 32.1. The number of aromatic nitrogens is 1. The van der Waals surface area contributed by atoms with E-state index in [0.717, 1.165) is 32.0 Å². The fourth-order valence-corrected chi connectivity index (χ4v) is 2.85. The standard InChI is InChI=1S/C17H19FN4S/c1-13-5-6-14(12-15(13)18)20-17(23)22-10-8-21(9-11-22)16-4-2-3-7-19-16/h2-7,12H,8-11H2,1H3,(H,20,23). The van der Waals surface area contributed by atoms with Gasteiger partial charge in [-0.1, -0.05) is 12.1 Å². The largest absolute Gasteiger partial charge is 0.353 e. The van der Waals surface area contributed by atoms with Gasteiger partial charge in [0.15, 0.2) is 5.11 Å².